The Kier molecular flexibility index (Phi) is 6.24. The van der Waals surface area contributed by atoms with E-state index in [2.05, 4.69) is 16.7 Å². The third-order valence-electron chi connectivity index (χ3n) is 3.90. The van der Waals surface area contributed by atoms with Crippen LogP contribution in [-0.4, -0.2) is 61.0 Å². The summed E-state index contributed by atoms with van der Waals surface area (Å²) in [6.45, 7) is 11.6. The van der Waals surface area contributed by atoms with Gasteiger partial charge in [0.2, 0.25) is 0 Å². The largest absolute Gasteiger partial charge is 0.489 e. The van der Waals surface area contributed by atoms with Crippen molar-refractivity contribution in [2.75, 3.05) is 39.3 Å². The topological polar surface area (TPSA) is 32.8 Å². The standard InChI is InChI=1S/C17H25ClN2O2/c1-4-19-7-9-20(10-8-19)12-16(21)14-5-6-17(15(18)11-14)22-13(2)3/h5-6,11,13H,4,7-10,12H2,1-3H3. The van der Waals surface area contributed by atoms with Crippen LogP contribution in [0.1, 0.15) is 31.1 Å². The first-order valence-electron chi connectivity index (χ1n) is 7.93. The number of Topliss-reactive ketones (excluding diaryl/α,β-unsaturated/α-hetero) is 1. The van der Waals surface area contributed by atoms with E-state index in [-0.39, 0.29) is 11.9 Å². The van der Waals surface area contributed by atoms with Crippen molar-refractivity contribution in [3.05, 3.63) is 28.8 Å². The maximum Gasteiger partial charge on any atom is 0.176 e. The second-order valence-electron chi connectivity index (χ2n) is 5.95. The summed E-state index contributed by atoms with van der Waals surface area (Å²) in [7, 11) is 0. The zero-order valence-electron chi connectivity index (χ0n) is 13.6. The molecule has 122 valence electrons. The molecule has 2 rings (SSSR count). The van der Waals surface area contributed by atoms with Gasteiger partial charge in [-0.2, -0.15) is 0 Å². The molecule has 5 heteroatoms. The van der Waals surface area contributed by atoms with E-state index in [1.165, 1.54) is 0 Å². The van der Waals surface area contributed by atoms with Gasteiger partial charge in [0.15, 0.2) is 5.78 Å². The van der Waals surface area contributed by atoms with E-state index < -0.39 is 0 Å². The highest BCUT2D eigenvalue weighted by atomic mass is 35.5. The van der Waals surface area contributed by atoms with Crippen LogP contribution in [0.25, 0.3) is 0 Å². The van der Waals surface area contributed by atoms with E-state index in [1.807, 2.05) is 13.8 Å². The average molecular weight is 325 g/mol. The molecular formula is C17H25ClN2O2. The van der Waals surface area contributed by atoms with Crippen LogP contribution >= 0.6 is 11.6 Å². The van der Waals surface area contributed by atoms with E-state index in [0.29, 0.717) is 22.9 Å². The number of ether oxygens (including phenoxy) is 1. The summed E-state index contributed by atoms with van der Waals surface area (Å²) in [5.41, 5.74) is 0.652. The number of ketones is 1. The van der Waals surface area contributed by atoms with Crippen LogP contribution in [-0.2, 0) is 0 Å². The summed E-state index contributed by atoms with van der Waals surface area (Å²) in [5.74, 6) is 0.743. The van der Waals surface area contributed by atoms with Crippen molar-refractivity contribution in [1.82, 2.24) is 9.80 Å². The van der Waals surface area contributed by atoms with Gasteiger partial charge in [-0.15, -0.1) is 0 Å². The quantitative estimate of drug-likeness (QED) is 0.753. The third kappa shape index (κ3) is 4.70. The normalized spacial score (nSPS) is 17.0. The van der Waals surface area contributed by atoms with Gasteiger partial charge in [-0.05, 0) is 38.6 Å². The van der Waals surface area contributed by atoms with Crippen LogP contribution in [0.3, 0.4) is 0 Å². The lowest BCUT2D eigenvalue weighted by atomic mass is 10.1. The molecule has 0 saturated carbocycles. The van der Waals surface area contributed by atoms with Gasteiger partial charge in [0.25, 0.3) is 0 Å². The molecule has 0 atom stereocenters. The minimum Gasteiger partial charge on any atom is -0.489 e. The van der Waals surface area contributed by atoms with E-state index >= 15 is 0 Å². The molecule has 0 unspecified atom stereocenters. The Balaban J connectivity index is 1.94. The highest BCUT2D eigenvalue weighted by molar-refractivity contribution is 6.32. The lowest BCUT2D eigenvalue weighted by molar-refractivity contribution is 0.0859. The number of likely N-dealkylation sites (N-methyl/N-ethyl adjacent to an activating group) is 1. The summed E-state index contributed by atoms with van der Waals surface area (Å²) in [6.07, 6.45) is 0.0638. The number of halogens is 1. The van der Waals surface area contributed by atoms with Gasteiger partial charge in [-0.3, -0.25) is 9.69 Å². The summed E-state index contributed by atoms with van der Waals surface area (Å²) in [4.78, 5) is 17.0. The van der Waals surface area contributed by atoms with Crippen LogP contribution < -0.4 is 4.74 Å². The van der Waals surface area contributed by atoms with Crippen LogP contribution in [0.15, 0.2) is 18.2 Å². The zero-order valence-corrected chi connectivity index (χ0v) is 14.4. The number of benzene rings is 1. The molecule has 0 spiro atoms. The van der Waals surface area contributed by atoms with Gasteiger partial charge in [-0.1, -0.05) is 18.5 Å². The van der Waals surface area contributed by atoms with Gasteiger partial charge < -0.3 is 9.64 Å². The van der Waals surface area contributed by atoms with Crippen molar-refractivity contribution in [3.8, 4) is 5.75 Å². The Bertz CT molecular complexity index is 511. The number of carbonyl (C=O) groups excluding carboxylic acids is 1. The van der Waals surface area contributed by atoms with Crippen LogP contribution in [0.4, 0.5) is 0 Å². The fraction of sp³-hybridized carbons (Fsp3) is 0.588. The van der Waals surface area contributed by atoms with Crippen LogP contribution in [0.2, 0.25) is 5.02 Å². The van der Waals surface area contributed by atoms with Gasteiger partial charge >= 0.3 is 0 Å². The van der Waals surface area contributed by atoms with Crippen molar-refractivity contribution in [2.24, 2.45) is 0 Å². The summed E-state index contributed by atoms with van der Waals surface area (Å²) >= 11 is 6.20. The van der Waals surface area contributed by atoms with Crippen molar-refractivity contribution < 1.29 is 9.53 Å². The third-order valence-corrected chi connectivity index (χ3v) is 4.19. The van der Waals surface area contributed by atoms with Crippen molar-refractivity contribution >= 4 is 17.4 Å². The lowest BCUT2D eigenvalue weighted by Gasteiger charge is -2.33. The predicted octanol–water partition coefficient (Wildman–Crippen LogP) is 2.95. The van der Waals surface area contributed by atoms with Crippen molar-refractivity contribution in [1.29, 1.82) is 0 Å². The molecule has 4 nitrogen and oxygen atoms in total. The minimum absolute atomic E-state index is 0.0638. The smallest absolute Gasteiger partial charge is 0.176 e. The molecule has 1 fully saturated rings. The molecule has 22 heavy (non-hydrogen) atoms. The molecule has 1 saturated heterocycles. The van der Waals surface area contributed by atoms with E-state index in [9.17, 15) is 4.79 Å². The highest BCUT2D eigenvalue weighted by Gasteiger charge is 2.19. The van der Waals surface area contributed by atoms with E-state index in [1.54, 1.807) is 18.2 Å². The minimum atomic E-state index is 0.0638. The van der Waals surface area contributed by atoms with Gasteiger partial charge in [0.05, 0.1) is 17.7 Å². The Hall–Kier alpha value is -1.10. The SMILES string of the molecule is CCN1CCN(CC(=O)c2ccc(OC(C)C)c(Cl)c2)CC1. The van der Waals surface area contributed by atoms with Gasteiger partial charge in [0.1, 0.15) is 5.75 Å². The summed E-state index contributed by atoms with van der Waals surface area (Å²) in [6, 6.07) is 5.29. The molecule has 0 aromatic heterocycles. The van der Waals surface area contributed by atoms with Crippen molar-refractivity contribution in [3.63, 3.8) is 0 Å². The maximum absolute atomic E-state index is 12.4. The zero-order chi connectivity index (χ0) is 16.1. The van der Waals surface area contributed by atoms with E-state index in [4.69, 9.17) is 16.3 Å². The Labute approximate surface area is 138 Å². The highest BCUT2D eigenvalue weighted by Crippen LogP contribution is 2.26. The summed E-state index contributed by atoms with van der Waals surface area (Å²) < 4.78 is 5.59. The Morgan fingerprint density at radius 3 is 2.41 bits per heavy atom. The summed E-state index contributed by atoms with van der Waals surface area (Å²) in [5, 5.41) is 0.496. The van der Waals surface area contributed by atoms with E-state index in [0.717, 1.165) is 32.7 Å². The number of nitrogens with zero attached hydrogens (tertiary/aromatic N) is 2. The predicted molar refractivity (Wildman–Crippen MR) is 90.1 cm³/mol. The molecule has 0 radical (unpaired) electrons. The second kappa shape index (κ2) is 7.95. The molecular weight excluding hydrogens is 300 g/mol. The second-order valence-corrected chi connectivity index (χ2v) is 6.35. The monoisotopic (exact) mass is 324 g/mol. The van der Waals surface area contributed by atoms with Crippen LogP contribution in [0.5, 0.6) is 5.75 Å². The number of hydrogen-bond acceptors (Lipinski definition) is 4. The molecule has 1 aliphatic heterocycles. The van der Waals surface area contributed by atoms with Gasteiger partial charge in [0, 0.05) is 31.7 Å². The first kappa shape index (κ1) is 17.3. The maximum atomic E-state index is 12.4. The Morgan fingerprint density at radius 2 is 1.86 bits per heavy atom. The number of hydrogen-bond donors (Lipinski definition) is 0. The molecule has 0 bridgehead atoms. The number of piperazine rings is 1. The van der Waals surface area contributed by atoms with Crippen LogP contribution in [0, 0.1) is 0 Å². The number of rotatable bonds is 6. The first-order chi connectivity index (χ1) is 10.5. The van der Waals surface area contributed by atoms with Crippen molar-refractivity contribution in [2.45, 2.75) is 26.9 Å². The molecule has 1 aromatic rings. The molecule has 0 amide bonds. The lowest BCUT2D eigenvalue weighted by Crippen LogP contribution is -2.47. The fourth-order valence-corrected chi connectivity index (χ4v) is 2.81. The molecule has 0 aliphatic carbocycles. The molecule has 0 N–H and O–H groups in total. The Morgan fingerprint density at radius 1 is 1.23 bits per heavy atom. The molecule has 1 aromatic carbocycles. The fourth-order valence-electron chi connectivity index (χ4n) is 2.58. The number of carbonyl (C=O) groups is 1. The molecule has 1 aliphatic rings. The first-order valence-corrected chi connectivity index (χ1v) is 8.31. The molecule has 1 heterocycles. The average Bonchev–Trinajstić information content (AvgIpc) is 2.49. The van der Waals surface area contributed by atoms with Gasteiger partial charge in [-0.25, -0.2) is 0 Å².